The number of benzene rings is 1. The van der Waals surface area contributed by atoms with Crippen molar-refractivity contribution in [1.82, 2.24) is 4.57 Å². The second-order valence-electron chi connectivity index (χ2n) is 3.91. The van der Waals surface area contributed by atoms with Gasteiger partial charge in [0.2, 0.25) is 0 Å². The molecule has 0 aliphatic rings. The van der Waals surface area contributed by atoms with Crippen molar-refractivity contribution in [2.75, 3.05) is 0 Å². The molecular formula is C12H13NO3. The molecule has 84 valence electrons. The Morgan fingerprint density at radius 1 is 1.44 bits per heavy atom. The Bertz CT molecular complexity index is 555. The number of aromatic carboxylic acids is 1. The van der Waals surface area contributed by atoms with Crippen molar-refractivity contribution in [2.24, 2.45) is 7.05 Å². The third kappa shape index (κ3) is 1.57. The van der Waals surface area contributed by atoms with Gasteiger partial charge in [-0.25, -0.2) is 4.79 Å². The SMILES string of the molecule is CC(O)c1cn(C)c2ccc(C(=O)O)cc12. The summed E-state index contributed by atoms with van der Waals surface area (Å²) in [5.41, 5.74) is 1.90. The van der Waals surface area contributed by atoms with Gasteiger partial charge >= 0.3 is 5.97 Å². The summed E-state index contributed by atoms with van der Waals surface area (Å²) in [6.45, 7) is 1.67. The Kier molecular flexibility index (Phi) is 2.44. The van der Waals surface area contributed by atoms with Gasteiger partial charge in [0.25, 0.3) is 0 Å². The molecule has 0 bridgehead atoms. The molecule has 0 saturated carbocycles. The number of carbonyl (C=O) groups is 1. The molecule has 0 saturated heterocycles. The lowest BCUT2D eigenvalue weighted by Crippen LogP contribution is -1.96. The van der Waals surface area contributed by atoms with Crippen molar-refractivity contribution in [3.8, 4) is 0 Å². The Morgan fingerprint density at radius 2 is 2.12 bits per heavy atom. The van der Waals surface area contributed by atoms with Crippen molar-refractivity contribution < 1.29 is 15.0 Å². The molecule has 0 spiro atoms. The molecule has 16 heavy (non-hydrogen) atoms. The number of nitrogens with zero attached hydrogens (tertiary/aromatic N) is 1. The highest BCUT2D eigenvalue weighted by Gasteiger charge is 2.13. The van der Waals surface area contributed by atoms with Gasteiger partial charge < -0.3 is 14.8 Å². The third-order valence-corrected chi connectivity index (χ3v) is 2.72. The van der Waals surface area contributed by atoms with Gasteiger partial charge in [0.15, 0.2) is 0 Å². The fraction of sp³-hybridized carbons (Fsp3) is 0.250. The molecule has 1 heterocycles. The molecule has 2 rings (SSSR count). The van der Waals surface area contributed by atoms with Gasteiger partial charge in [-0.1, -0.05) is 0 Å². The second-order valence-corrected chi connectivity index (χ2v) is 3.91. The summed E-state index contributed by atoms with van der Waals surface area (Å²) < 4.78 is 1.88. The molecule has 0 radical (unpaired) electrons. The van der Waals surface area contributed by atoms with Crippen LogP contribution in [0.1, 0.15) is 28.9 Å². The number of aliphatic hydroxyl groups excluding tert-OH is 1. The third-order valence-electron chi connectivity index (χ3n) is 2.72. The van der Waals surface area contributed by atoms with E-state index >= 15 is 0 Å². The van der Waals surface area contributed by atoms with Crippen molar-refractivity contribution >= 4 is 16.9 Å². The van der Waals surface area contributed by atoms with Gasteiger partial charge in [-0.3, -0.25) is 0 Å². The Morgan fingerprint density at radius 3 is 2.69 bits per heavy atom. The number of fused-ring (bicyclic) bond motifs is 1. The first-order valence-electron chi connectivity index (χ1n) is 5.01. The van der Waals surface area contributed by atoms with Crippen LogP contribution in [-0.2, 0) is 7.05 Å². The number of hydrogen-bond acceptors (Lipinski definition) is 2. The Balaban J connectivity index is 2.74. The molecule has 0 aliphatic heterocycles. The van der Waals surface area contributed by atoms with E-state index in [0.29, 0.717) is 0 Å². The minimum Gasteiger partial charge on any atom is -0.478 e. The number of aryl methyl sites for hydroxylation is 1. The predicted octanol–water partition coefficient (Wildman–Crippen LogP) is 1.93. The lowest BCUT2D eigenvalue weighted by atomic mass is 10.1. The highest BCUT2D eigenvalue weighted by Crippen LogP contribution is 2.26. The van der Waals surface area contributed by atoms with E-state index in [1.54, 1.807) is 25.1 Å². The smallest absolute Gasteiger partial charge is 0.335 e. The minimum absolute atomic E-state index is 0.237. The Labute approximate surface area is 92.7 Å². The molecule has 1 aromatic carbocycles. The molecular weight excluding hydrogens is 206 g/mol. The zero-order chi connectivity index (χ0) is 11.9. The fourth-order valence-electron chi connectivity index (χ4n) is 1.89. The monoisotopic (exact) mass is 219 g/mol. The van der Waals surface area contributed by atoms with E-state index in [1.165, 1.54) is 0 Å². The van der Waals surface area contributed by atoms with E-state index in [0.717, 1.165) is 16.5 Å². The quantitative estimate of drug-likeness (QED) is 0.811. The summed E-state index contributed by atoms with van der Waals surface area (Å²) >= 11 is 0. The first-order chi connectivity index (χ1) is 7.50. The highest BCUT2D eigenvalue weighted by molar-refractivity contribution is 5.95. The molecule has 0 fully saturated rings. The summed E-state index contributed by atoms with van der Waals surface area (Å²) in [6.07, 6.45) is 1.22. The van der Waals surface area contributed by atoms with Crippen molar-refractivity contribution in [1.29, 1.82) is 0 Å². The van der Waals surface area contributed by atoms with Crippen LogP contribution in [0.4, 0.5) is 0 Å². The molecule has 2 N–H and O–H groups in total. The van der Waals surface area contributed by atoms with E-state index in [2.05, 4.69) is 0 Å². The number of hydrogen-bond donors (Lipinski definition) is 2. The van der Waals surface area contributed by atoms with Crippen molar-refractivity contribution in [3.63, 3.8) is 0 Å². The molecule has 4 nitrogen and oxygen atoms in total. The molecule has 0 aliphatic carbocycles. The molecule has 1 atom stereocenters. The number of aromatic nitrogens is 1. The number of rotatable bonds is 2. The van der Waals surface area contributed by atoms with Gasteiger partial charge in [-0.2, -0.15) is 0 Å². The van der Waals surface area contributed by atoms with E-state index in [9.17, 15) is 9.90 Å². The Hall–Kier alpha value is -1.81. The predicted molar refractivity (Wildman–Crippen MR) is 60.5 cm³/mol. The first-order valence-corrected chi connectivity index (χ1v) is 5.01. The summed E-state index contributed by atoms with van der Waals surface area (Å²) in [4.78, 5) is 10.9. The van der Waals surface area contributed by atoms with Gasteiger partial charge in [0.05, 0.1) is 11.7 Å². The summed E-state index contributed by atoms with van der Waals surface area (Å²) in [6, 6.07) is 4.92. The molecule has 4 heteroatoms. The lowest BCUT2D eigenvalue weighted by molar-refractivity contribution is 0.0697. The van der Waals surface area contributed by atoms with Crippen molar-refractivity contribution in [3.05, 3.63) is 35.5 Å². The standard InChI is InChI=1S/C12H13NO3/c1-7(14)10-6-13(2)11-4-3-8(12(15)16)5-9(10)11/h3-7,14H,1-2H3,(H,15,16). The second kappa shape index (κ2) is 3.64. The van der Waals surface area contributed by atoms with Crippen LogP contribution in [0.15, 0.2) is 24.4 Å². The maximum absolute atomic E-state index is 10.9. The maximum atomic E-state index is 10.9. The van der Waals surface area contributed by atoms with E-state index in [-0.39, 0.29) is 5.56 Å². The van der Waals surface area contributed by atoms with Gasteiger partial charge in [0, 0.05) is 29.7 Å². The fourth-order valence-corrected chi connectivity index (χ4v) is 1.89. The van der Waals surface area contributed by atoms with Crippen LogP contribution in [0.5, 0.6) is 0 Å². The minimum atomic E-state index is -0.956. The molecule has 2 aromatic rings. The van der Waals surface area contributed by atoms with E-state index in [1.807, 2.05) is 17.8 Å². The van der Waals surface area contributed by atoms with E-state index < -0.39 is 12.1 Å². The van der Waals surface area contributed by atoms with Crippen LogP contribution in [0.3, 0.4) is 0 Å². The summed E-state index contributed by atoms with van der Waals surface area (Å²) in [5, 5.41) is 19.3. The first kappa shape index (κ1) is 10.7. The van der Waals surface area contributed by atoms with Crippen LogP contribution in [0.2, 0.25) is 0 Å². The average Bonchev–Trinajstić information content (AvgIpc) is 2.56. The maximum Gasteiger partial charge on any atom is 0.335 e. The highest BCUT2D eigenvalue weighted by atomic mass is 16.4. The summed E-state index contributed by atoms with van der Waals surface area (Å²) in [5.74, 6) is -0.956. The molecule has 0 amide bonds. The van der Waals surface area contributed by atoms with Gasteiger partial charge in [-0.05, 0) is 25.1 Å². The zero-order valence-corrected chi connectivity index (χ0v) is 9.14. The summed E-state index contributed by atoms with van der Waals surface area (Å²) in [7, 11) is 1.87. The molecule has 1 aromatic heterocycles. The normalized spacial score (nSPS) is 12.9. The number of aliphatic hydroxyl groups is 1. The topological polar surface area (TPSA) is 62.5 Å². The average molecular weight is 219 g/mol. The van der Waals surface area contributed by atoms with Crippen LogP contribution in [-0.4, -0.2) is 20.7 Å². The molecule has 1 unspecified atom stereocenters. The largest absolute Gasteiger partial charge is 0.478 e. The number of carboxylic acid groups (broad SMARTS) is 1. The zero-order valence-electron chi connectivity index (χ0n) is 9.14. The van der Waals surface area contributed by atoms with E-state index in [4.69, 9.17) is 5.11 Å². The van der Waals surface area contributed by atoms with Crippen molar-refractivity contribution in [2.45, 2.75) is 13.0 Å². The number of carboxylic acids is 1. The van der Waals surface area contributed by atoms with Crippen LogP contribution in [0, 0.1) is 0 Å². The van der Waals surface area contributed by atoms with Crippen LogP contribution >= 0.6 is 0 Å². The van der Waals surface area contributed by atoms with Gasteiger partial charge in [-0.15, -0.1) is 0 Å². The lowest BCUT2D eigenvalue weighted by Gasteiger charge is -2.02. The van der Waals surface area contributed by atoms with Crippen LogP contribution < -0.4 is 0 Å². The van der Waals surface area contributed by atoms with Crippen LogP contribution in [0.25, 0.3) is 10.9 Å². The van der Waals surface area contributed by atoms with Gasteiger partial charge in [0.1, 0.15) is 0 Å².